The number of carbonyl (C=O) groups is 1. The van der Waals surface area contributed by atoms with E-state index >= 15 is 0 Å². The summed E-state index contributed by atoms with van der Waals surface area (Å²) in [5, 5.41) is 11.4. The first kappa shape index (κ1) is 28.1. The molecule has 0 aromatic heterocycles. The van der Waals surface area contributed by atoms with Crippen LogP contribution < -0.4 is 11.1 Å². The zero-order chi connectivity index (χ0) is 26.1. The largest absolute Gasteiger partial charge is 0.480 e. The summed E-state index contributed by atoms with van der Waals surface area (Å²) in [6.45, 7) is 12.5. The number of carboxylic acid groups (broad SMARTS) is 1. The lowest BCUT2D eigenvalue weighted by Gasteiger charge is -2.52. The third-order valence-corrected chi connectivity index (χ3v) is 11.1. The molecule has 6 rings (SSSR count). The van der Waals surface area contributed by atoms with Crippen molar-refractivity contribution in [3.8, 4) is 0 Å². The molecule has 0 bridgehead atoms. The molecule has 6 aliphatic rings. The molecule has 1 spiro atoms. The lowest BCUT2D eigenvalue weighted by molar-refractivity contribution is -0.135. The molecule has 0 amide bonds. The summed E-state index contributed by atoms with van der Waals surface area (Å²) in [7, 11) is 0. The Morgan fingerprint density at radius 1 is 1.17 bits per heavy atom. The van der Waals surface area contributed by atoms with Crippen molar-refractivity contribution in [2.45, 2.75) is 129 Å². The third kappa shape index (κ3) is 5.31. The van der Waals surface area contributed by atoms with Gasteiger partial charge in [-0.1, -0.05) is 51.7 Å². The summed E-state index contributed by atoms with van der Waals surface area (Å²) in [5.74, 6) is 3.68. The van der Waals surface area contributed by atoms with Crippen LogP contribution in [0.1, 0.15) is 112 Å². The van der Waals surface area contributed by atoms with Crippen LogP contribution in [0.2, 0.25) is 0 Å². The molecule has 5 heteroatoms. The average molecular weight is 503 g/mol. The summed E-state index contributed by atoms with van der Waals surface area (Å²) in [6.07, 6.45) is 17.4. The van der Waals surface area contributed by atoms with E-state index in [-0.39, 0.29) is 12.1 Å². The maximum atomic E-state index is 9.24. The fourth-order valence-electron chi connectivity index (χ4n) is 9.48. The molecular formula is C31H54N2O3. The van der Waals surface area contributed by atoms with Crippen LogP contribution in [0.4, 0.5) is 0 Å². The second-order valence-corrected chi connectivity index (χ2v) is 13.1. The number of nitrogens with two attached hydrogens (primary N) is 1. The lowest BCUT2D eigenvalue weighted by Crippen LogP contribution is -2.45. The van der Waals surface area contributed by atoms with Gasteiger partial charge in [-0.25, -0.2) is 0 Å². The molecule has 0 radical (unpaired) electrons. The molecule has 0 aromatic carbocycles. The Morgan fingerprint density at radius 2 is 1.92 bits per heavy atom. The van der Waals surface area contributed by atoms with Crippen molar-refractivity contribution in [3.05, 3.63) is 11.1 Å². The number of ether oxygens (including phenoxy) is 1. The van der Waals surface area contributed by atoms with Gasteiger partial charge in [0.15, 0.2) is 0 Å². The van der Waals surface area contributed by atoms with E-state index in [9.17, 15) is 4.79 Å². The van der Waals surface area contributed by atoms with E-state index in [1.54, 1.807) is 5.57 Å². The van der Waals surface area contributed by atoms with E-state index in [1.807, 2.05) is 19.4 Å². The maximum absolute atomic E-state index is 9.24. The quantitative estimate of drug-likeness (QED) is 0.366. The standard InChI is InChI=1S/C27H43NO.C2H5NO2.C2H6/c1-17-12-25-24(28-16-17)15-27(29-25)11-9-20-21-8-7-19-6-4-5-10-26(19,3)23(21)13-22(20)18(2)14-27;3-1-2(4)5;1-2/h17,19-21,23-25,28H,4-16H2,1-3H3;1,3H2,(H,4,5);1-2H3. The molecule has 2 heterocycles. The van der Waals surface area contributed by atoms with Crippen LogP contribution in [0.25, 0.3) is 0 Å². The molecule has 2 saturated heterocycles. The van der Waals surface area contributed by atoms with Gasteiger partial charge in [-0.15, -0.1) is 0 Å². The fourth-order valence-corrected chi connectivity index (χ4v) is 9.48. The van der Waals surface area contributed by atoms with Gasteiger partial charge in [0.05, 0.1) is 18.2 Å². The highest BCUT2D eigenvalue weighted by Gasteiger charge is 2.57. The normalized spacial score (nSPS) is 45.1. The Kier molecular flexibility index (Phi) is 8.94. The predicted octanol–water partition coefficient (Wildman–Crippen LogP) is 6.31. The Labute approximate surface area is 220 Å². The maximum Gasteiger partial charge on any atom is 0.317 e. The minimum absolute atomic E-state index is 0.148. The van der Waals surface area contributed by atoms with Crippen molar-refractivity contribution in [1.29, 1.82) is 0 Å². The molecule has 5 fully saturated rings. The number of aliphatic carboxylic acids is 1. The second-order valence-electron chi connectivity index (χ2n) is 13.1. The highest BCUT2D eigenvalue weighted by atomic mass is 16.5. The van der Waals surface area contributed by atoms with Crippen LogP contribution in [0, 0.1) is 35.0 Å². The molecule has 2 aliphatic heterocycles. The smallest absolute Gasteiger partial charge is 0.317 e. The minimum atomic E-state index is -0.968. The van der Waals surface area contributed by atoms with Gasteiger partial charge < -0.3 is 20.9 Å². The fraction of sp³-hybridized carbons (Fsp3) is 0.903. The molecule has 9 unspecified atom stereocenters. The van der Waals surface area contributed by atoms with Crippen LogP contribution >= 0.6 is 0 Å². The second kappa shape index (κ2) is 11.5. The summed E-state index contributed by atoms with van der Waals surface area (Å²) >= 11 is 0. The monoisotopic (exact) mass is 502 g/mol. The van der Waals surface area contributed by atoms with Gasteiger partial charge in [-0.05, 0) is 113 Å². The summed E-state index contributed by atoms with van der Waals surface area (Å²) in [4.78, 5) is 9.24. The van der Waals surface area contributed by atoms with Crippen molar-refractivity contribution >= 4 is 5.97 Å². The first-order valence-electron chi connectivity index (χ1n) is 15.3. The van der Waals surface area contributed by atoms with Crippen LogP contribution in [0.5, 0.6) is 0 Å². The zero-order valence-electron chi connectivity index (χ0n) is 23.8. The minimum Gasteiger partial charge on any atom is -0.480 e. The zero-order valence-corrected chi connectivity index (χ0v) is 23.8. The molecular weight excluding hydrogens is 448 g/mol. The molecule has 4 aliphatic carbocycles. The predicted molar refractivity (Wildman–Crippen MR) is 147 cm³/mol. The number of carboxylic acids is 1. The van der Waals surface area contributed by atoms with Crippen LogP contribution in [-0.4, -0.2) is 41.9 Å². The Balaban J connectivity index is 0.000000391. The van der Waals surface area contributed by atoms with Gasteiger partial charge in [0.1, 0.15) is 0 Å². The molecule has 36 heavy (non-hydrogen) atoms. The van der Waals surface area contributed by atoms with Gasteiger partial charge in [0, 0.05) is 6.04 Å². The van der Waals surface area contributed by atoms with E-state index in [2.05, 4.69) is 31.8 Å². The van der Waals surface area contributed by atoms with Crippen molar-refractivity contribution in [3.63, 3.8) is 0 Å². The Hall–Kier alpha value is -0.910. The molecule has 5 nitrogen and oxygen atoms in total. The first-order chi connectivity index (χ1) is 17.2. The van der Waals surface area contributed by atoms with Crippen molar-refractivity contribution in [2.24, 2.45) is 40.7 Å². The van der Waals surface area contributed by atoms with Gasteiger partial charge >= 0.3 is 5.97 Å². The number of nitrogens with one attached hydrogen (secondary N) is 1. The van der Waals surface area contributed by atoms with Gasteiger partial charge in [-0.3, -0.25) is 4.79 Å². The lowest BCUT2D eigenvalue weighted by atomic mass is 9.52. The van der Waals surface area contributed by atoms with Crippen molar-refractivity contribution < 1.29 is 14.6 Å². The van der Waals surface area contributed by atoms with E-state index in [0.717, 1.165) is 29.6 Å². The summed E-state index contributed by atoms with van der Waals surface area (Å²) in [5.41, 5.74) is 9.02. The summed E-state index contributed by atoms with van der Waals surface area (Å²) in [6, 6.07) is 0.617. The first-order valence-corrected chi connectivity index (χ1v) is 15.3. The molecule has 4 N–H and O–H groups in total. The van der Waals surface area contributed by atoms with Gasteiger partial charge in [-0.2, -0.15) is 0 Å². The van der Waals surface area contributed by atoms with Crippen LogP contribution in [-0.2, 0) is 9.53 Å². The number of hydrogen-bond acceptors (Lipinski definition) is 4. The Bertz CT molecular complexity index is 812. The van der Waals surface area contributed by atoms with Gasteiger partial charge in [0.2, 0.25) is 0 Å². The number of fused-ring (bicyclic) bond motifs is 6. The van der Waals surface area contributed by atoms with E-state index < -0.39 is 5.97 Å². The summed E-state index contributed by atoms with van der Waals surface area (Å²) < 4.78 is 6.92. The molecule has 3 saturated carbocycles. The van der Waals surface area contributed by atoms with Crippen LogP contribution in [0.3, 0.4) is 0 Å². The topological polar surface area (TPSA) is 84.6 Å². The number of rotatable bonds is 1. The molecule has 206 valence electrons. The van der Waals surface area contributed by atoms with E-state index in [1.165, 1.54) is 83.6 Å². The SMILES string of the molecule is CC.CC1=C2CC3C(CCC4CCCCC43C)C2CCC2(C1)CC1NCC(C)CC1O2.NCC(=O)O. The molecule has 0 aromatic rings. The average Bonchev–Trinajstić information content (AvgIpc) is 3.39. The van der Waals surface area contributed by atoms with Crippen molar-refractivity contribution in [2.75, 3.05) is 13.1 Å². The van der Waals surface area contributed by atoms with Gasteiger partial charge in [0.25, 0.3) is 0 Å². The molecule has 9 atom stereocenters. The number of piperidine rings is 1. The highest BCUT2D eigenvalue weighted by Crippen LogP contribution is 2.65. The third-order valence-electron chi connectivity index (χ3n) is 11.1. The van der Waals surface area contributed by atoms with Crippen molar-refractivity contribution in [1.82, 2.24) is 5.32 Å². The van der Waals surface area contributed by atoms with E-state index in [0.29, 0.717) is 17.6 Å². The Morgan fingerprint density at radius 3 is 2.64 bits per heavy atom. The van der Waals surface area contributed by atoms with E-state index in [4.69, 9.17) is 9.84 Å². The number of hydrogen-bond donors (Lipinski definition) is 3. The van der Waals surface area contributed by atoms with Crippen LogP contribution in [0.15, 0.2) is 11.1 Å². The number of allylic oxidation sites excluding steroid dienone is 1. The highest BCUT2D eigenvalue weighted by molar-refractivity contribution is 5.68.